The lowest BCUT2D eigenvalue weighted by molar-refractivity contribution is 0.474. The van der Waals surface area contributed by atoms with E-state index >= 15 is 0 Å². The minimum absolute atomic E-state index is 0.310. The zero-order chi connectivity index (χ0) is 12.3. The predicted octanol–water partition coefficient (Wildman–Crippen LogP) is 3.62. The first-order valence-electron chi connectivity index (χ1n) is 5.74. The van der Waals surface area contributed by atoms with Gasteiger partial charge in [0.2, 0.25) is 0 Å². The van der Waals surface area contributed by atoms with Crippen LogP contribution in [-0.2, 0) is 6.54 Å². The molecule has 0 spiro atoms. The van der Waals surface area contributed by atoms with Gasteiger partial charge in [-0.2, -0.15) is 0 Å². The molecule has 0 aromatic heterocycles. The zero-order valence-electron chi connectivity index (χ0n) is 10.2. The molecule has 2 rings (SSSR count). The molecule has 2 heteroatoms. The van der Waals surface area contributed by atoms with Gasteiger partial charge in [-0.3, -0.25) is 0 Å². The maximum Gasteiger partial charge on any atom is 0.115 e. The highest BCUT2D eigenvalue weighted by atomic mass is 16.3. The lowest BCUT2D eigenvalue weighted by Crippen LogP contribution is -2.01. The van der Waals surface area contributed by atoms with Crippen molar-refractivity contribution < 1.29 is 5.11 Å². The van der Waals surface area contributed by atoms with Crippen molar-refractivity contribution in [3.8, 4) is 5.75 Å². The number of rotatable bonds is 3. The zero-order valence-corrected chi connectivity index (χ0v) is 10.2. The van der Waals surface area contributed by atoms with Gasteiger partial charge in [0.1, 0.15) is 5.75 Å². The van der Waals surface area contributed by atoms with Crippen LogP contribution in [0.3, 0.4) is 0 Å². The van der Waals surface area contributed by atoms with E-state index in [4.69, 9.17) is 0 Å². The minimum atomic E-state index is 0.310. The highest BCUT2D eigenvalue weighted by Gasteiger charge is 1.99. The highest BCUT2D eigenvalue weighted by molar-refractivity contribution is 5.52. The van der Waals surface area contributed by atoms with Gasteiger partial charge in [-0.1, -0.05) is 24.3 Å². The second-order valence-electron chi connectivity index (χ2n) is 4.34. The summed E-state index contributed by atoms with van der Waals surface area (Å²) in [5.41, 5.74) is 4.70. The van der Waals surface area contributed by atoms with Crippen molar-refractivity contribution in [2.45, 2.75) is 20.4 Å². The average molecular weight is 227 g/mol. The van der Waals surface area contributed by atoms with Gasteiger partial charge >= 0.3 is 0 Å². The molecule has 0 heterocycles. The Morgan fingerprint density at radius 3 is 2.65 bits per heavy atom. The van der Waals surface area contributed by atoms with Crippen LogP contribution in [0, 0.1) is 13.8 Å². The van der Waals surface area contributed by atoms with E-state index in [-0.39, 0.29) is 0 Å². The molecule has 0 radical (unpaired) electrons. The van der Waals surface area contributed by atoms with E-state index in [1.165, 1.54) is 11.1 Å². The molecule has 0 saturated carbocycles. The fourth-order valence-corrected chi connectivity index (χ4v) is 1.79. The smallest absolute Gasteiger partial charge is 0.115 e. The Balaban J connectivity index is 2.09. The number of nitrogens with one attached hydrogen (secondary N) is 1. The lowest BCUT2D eigenvalue weighted by Gasteiger charge is -2.10. The number of phenols is 1. The van der Waals surface area contributed by atoms with E-state index in [2.05, 4.69) is 37.4 Å². The Hall–Kier alpha value is -1.96. The lowest BCUT2D eigenvalue weighted by atomic mass is 10.1. The molecule has 0 unspecified atom stereocenters. The first-order chi connectivity index (χ1) is 8.15. The molecule has 0 bridgehead atoms. The normalized spacial score (nSPS) is 10.2. The highest BCUT2D eigenvalue weighted by Crippen LogP contribution is 2.18. The van der Waals surface area contributed by atoms with Gasteiger partial charge in [0.05, 0.1) is 0 Å². The Morgan fingerprint density at radius 2 is 1.88 bits per heavy atom. The summed E-state index contributed by atoms with van der Waals surface area (Å²) in [6.07, 6.45) is 0. The van der Waals surface area contributed by atoms with Crippen LogP contribution in [0.4, 0.5) is 5.69 Å². The van der Waals surface area contributed by atoms with E-state index in [0.29, 0.717) is 5.75 Å². The van der Waals surface area contributed by atoms with Crippen LogP contribution in [0.1, 0.15) is 16.7 Å². The molecule has 0 saturated heterocycles. The second-order valence-corrected chi connectivity index (χ2v) is 4.34. The van der Waals surface area contributed by atoms with Gasteiger partial charge in [0.15, 0.2) is 0 Å². The molecule has 0 fully saturated rings. The number of hydrogen-bond acceptors (Lipinski definition) is 2. The molecule has 2 N–H and O–H groups in total. The number of hydrogen-bond donors (Lipinski definition) is 2. The summed E-state index contributed by atoms with van der Waals surface area (Å²) in [6, 6.07) is 13.7. The third-order valence-corrected chi connectivity index (χ3v) is 2.79. The van der Waals surface area contributed by atoms with Crippen molar-refractivity contribution in [2.24, 2.45) is 0 Å². The molecule has 0 aliphatic carbocycles. The molecule has 0 aliphatic rings. The third kappa shape index (κ3) is 3.00. The fourth-order valence-electron chi connectivity index (χ4n) is 1.79. The van der Waals surface area contributed by atoms with Gasteiger partial charge in [0.25, 0.3) is 0 Å². The van der Waals surface area contributed by atoms with Crippen molar-refractivity contribution in [1.29, 1.82) is 0 Å². The summed E-state index contributed by atoms with van der Waals surface area (Å²) in [6.45, 7) is 4.89. The van der Waals surface area contributed by atoms with Gasteiger partial charge in [0, 0.05) is 12.2 Å². The van der Waals surface area contributed by atoms with Crippen LogP contribution < -0.4 is 5.32 Å². The molecule has 2 nitrogen and oxygen atoms in total. The van der Waals surface area contributed by atoms with Crippen LogP contribution >= 0.6 is 0 Å². The van der Waals surface area contributed by atoms with Crippen molar-refractivity contribution in [1.82, 2.24) is 0 Å². The van der Waals surface area contributed by atoms with E-state index in [9.17, 15) is 5.11 Å². The third-order valence-electron chi connectivity index (χ3n) is 2.79. The first kappa shape index (κ1) is 11.5. The molecule has 0 atom stereocenters. The van der Waals surface area contributed by atoms with Crippen LogP contribution in [0.2, 0.25) is 0 Å². The van der Waals surface area contributed by atoms with Crippen molar-refractivity contribution in [3.63, 3.8) is 0 Å². The molecular weight excluding hydrogens is 210 g/mol. The standard InChI is InChI=1S/C15H17NO/c1-11-6-7-12(2)15(8-11)16-10-13-4-3-5-14(17)9-13/h3-9,16-17H,10H2,1-2H3. The quantitative estimate of drug-likeness (QED) is 0.839. The Morgan fingerprint density at radius 1 is 1.06 bits per heavy atom. The number of aryl methyl sites for hydroxylation is 2. The van der Waals surface area contributed by atoms with Crippen LogP contribution in [0.5, 0.6) is 5.75 Å². The summed E-state index contributed by atoms with van der Waals surface area (Å²) < 4.78 is 0. The predicted molar refractivity (Wildman–Crippen MR) is 71.3 cm³/mol. The maximum absolute atomic E-state index is 9.38. The van der Waals surface area contributed by atoms with Crippen LogP contribution in [-0.4, -0.2) is 5.11 Å². The molecular formula is C15H17NO. The fraction of sp³-hybridized carbons (Fsp3) is 0.200. The minimum Gasteiger partial charge on any atom is -0.508 e. The Kier molecular flexibility index (Phi) is 3.33. The number of aromatic hydroxyl groups is 1. The molecule has 0 amide bonds. The van der Waals surface area contributed by atoms with Crippen LogP contribution in [0.25, 0.3) is 0 Å². The first-order valence-corrected chi connectivity index (χ1v) is 5.74. The molecule has 2 aromatic rings. The maximum atomic E-state index is 9.38. The summed E-state index contributed by atoms with van der Waals surface area (Å²) in [5.74, 6) is 0.310. The van der Waals surface area contributed by atoms with Crippen molar-refractivity contribution in [2.75, 3.05) is 5.32 Å². The van der Waals surface area contributed by atoms with E-state index in [0.717, 1.165) is 17.8 Å². The number of anilines is 1. The summed E-state index contributed by atoms with van der Waals surface area (Å²) >= 11 is 0. The number of benzene rings is 2. The van der Waals surface area contributed by atoms with Crippen molar-refractivity contribution >= 4 is 5.69 Å². The topological polar surface area (TPSA) is 32.3 Å². The summed E-state index contributed by atoms with van der Waals surface area (Å²) in [5, 5.41) is 12.8. The molecule has 88 valence electrons. The second kappa shape index (κ2) is 4.91. The largest absolute Gasteiger partial charge is 0.508 e. The number of phenolic OH excluding ortho intramolecular Hbond substituents is 1. The Bertz CT molecular complexity index is 520. The van der Waals surface area contributed by atoms with Gasteiger partial charge in [-0.15, -0.1) is 0 Å². The van der Waals surface area contributed by atoms with E-state index < -0.39 is 0 Å². The monoisotopic (exact) mass is 227 g/mol. The van der Waals surface area contributed by atoms with Gasteiger partial charge in [-0.25, -0.2) is 0 Å². The van der Waals surface area contributed by atoms with Crippen molar-refractivity contribution in [3.05, 3.63) is 59.2 Å². The van der Waals surface area contributed by atoms with Gasteiger partial charge < -0.3 is 10.4 Å². The molecule has 0 aliphatic heterocycles. The summed E-state index contributed by atoms with van der Waals surface area (Å²) in [7, 11) is 0. The SMILES string of the molecule is Cc1ccc(C)c(NCc2cccc(O)c2)c1. The summed E-state index contributed by atoms with van der Waals surface area (Å²) in [4.78, 5) is 0. The van der Waals surface area contributed by atoms with Crippen LogP contribution in [0.15, 0.2) is 42.5 Å². The van der Waals surface area contributed by atoms with Gasteiger partial charge in [-0.05, 0) is 48.7 Å². The van der Waals surface area contributed by atoms with E-state index in [1.807, 2.05) is 12.1 Å². The van der Waals surface area contributed by atoms with E-state index in [1.54, 1.807) is 12.1 Å². The molecule has 2 aromatic carbocycles. The molecule has 17 heavy (non-hydrogen) atoms. The average Bonchev–Trinajstić information content (AvgIpc) is 2.30. The Labute approximate surface area is 102 Å².